The fraction of sp³-hybridized carbons (Fsp3) is 0.143. The Morgan fingerprint density at radius 1 is 1.18 bits per heavy atom. The Hall–Kier alpha value is -3.68. The third-order valence-corrected chi connectivity index (χ3v) is 6.42. The largest absolute Gasteiger partial charge is 0.494 e. The normalized spacial score (nSPS) is 11.5. The molecule has 13 heteroatoms. The molecule has 0 saturated heterocycles. The molecule has 0 bridgehead atoms. The zero-order valence-electron chi connectivity index (χ0n) is 17.9. The highest BCUT2D eigenvalue weighted by molar-refractivity contribution is 7.99. The second-order valence-corrected chi connectivity index (χ2v) is 9.52. The summed E-state index contributed by atoms with van der Waals surface area (Å²) in [5.74, 6) is 0.448. The molecule has 0 saturated carbocycles. The number of H-pyrrole nitrogens is 1. The highest BCUT2D eigenvalue weighted by Crippen LogP contribution is 2.20. The molecule has 1 amide bonds. The Labute approximate surface area is 198 Å². The van der Waals surface area contributed by atoms with Gasteiger partial charge in [-0.05, 0) is 55.5 Å². The number of carbonyl (C=O) groups is 1. The molecule has 4 N–H and O–H groups in total. The van der Waals surface area contributed by atoms with Gasteiger partial charge in [0.25, 0.3) is 5.56 Å². The first-order chi connectivity index (χ1) is 16.2. The van der Waals surface area contributed by atoms with E-state index in [0.717, 1.165) is 11.8 Å². The van der Waals surface area contributed by atoms with Crippen molar-refractivity contribution in [3.8, 4) is 11.4 Å². The van der Waals surface area contributed by atoms with E-state index in [1.165, 1.54) is 35.1 Å². The van der Waals surface area contributed by atoms with Gasteiger partial charge >= 0.3 is 0 Å². The number of nitrogens with zero attached hydrogens (tertiary/aromatic N) is 3. The Kier molecular flexibility index (Phi) is 6.68. The minimum absolute atomic E-state index is 0.0127. The Morgan fingerprint density at radius 2 is 1.88 bits per heavy atom. The summed E-state index contributed by atoms with van der Waals surface area (Å²) in [6, 6.07) is 12.7. The van der Waals surface area contributed by atoms with Gasteiger partial charge in [0, 0.05) is 5.69 Å². The van der Waals surface area contributed by atoms with E-state index in [4.69, 9.17) is 9.88 Å². The minimum Gasteiger partial charge on any atom is -0.494 e. The van der Waals surface area contributed by atoms with Crippen LogP contribution >= 0.6 is 11.8 Å². The number of hydrogen-bond donors (Lipinski definition) is 3. The highest BCUT2D eigenvalue weighted by Gasteiger charge is 2.14. The first-order valence-electron chi connectivity index (χ1n) is 10.0. The van der Waals surface area contributed by atoms with Crippen LogP contribution in [-0.4, -0.2) is 46.4 Å². The van der Waals surface area contributed by atoms with Crippen LogP contribution in [0.2, 0.25) is 0 Å². The molecule has 2 aromatic heterocycles. The molecule has 4 rings (SSSR count). The molecule has 176 valence electrons. The molecular weight excluding hydrogens is 480 g/mol. The van der Waals surface area contributed by atoms with E-state index in [1.807, 2.05) is 6.92 Å². The van der Waals surface area contributed by atoms with E-state index in [-0.39, 0.29) is 32.7 Å². The quantitative estimate of drug-likeness (QED) is 0.244. The fourth-order valence-corrected chi connectivity index (χ4v) is 4.24. The first-order valence-corrected chi connectivity index (χ1v) is 12.5. The third kappa shape index (κ3) is 5.27. The lowest BCUT2D eigenvalue weighted by molar-refractivity contribution is -0.113. The van der Waals surface area contributed by atoms with Crippen LogP contribution in [0.1, 0.15) is 6.92 Å². The molecule has 0 aliphatic heterocycles. The summed E-state index contributed by atoms with van der Waals surface area (Å²) < 4.78 is 29.7. The number of sulfonamides is 1. The molecule has 0 atom stereocenters. The van der Waals surface area contributed by atoms with Crippen LogP contribution in [0.15, 0.2) is 69.6 Å². The summed E-state index contributed by atoms with van der Waals surface area (Å²) in [6.45, 7) is 2.44. The number of amides is 1. The van der Waals surface area contributed by atoms with Crippen molar-refractivity contribution in [3.63, 3.8) is 0 Å². The molecule has 0 unspecified atom stereocenters. The maximum Gasteiger partial charge on any atom is 0.262 e. The van der Waals surface area contributed by atoms with Crippen LogP contribution in [0, 0.1) is 0 Å². The average molecular weight is 501 g/mol. The number of nitrogens with two attached hydrogens (primary N) is 1. The van der Waals surface area contributed by atoms with E-state index in [9.17, 15) is 18.0 Å². The number of anilines is 1. The van der Waals surface area contributed by atoms with Gasteiger partial charge in [-0.15, -0.1) is 0 Å². The molecule has 2 aromatic carbocycles. The lowest BCUT2D eigenvalue weighted by atomic mass is 10.3. The van der Waals surface area contributed by atoms with E-state index in [2.05, 4.69) is 20.4 Å². The number of ether oxygens (including phenoxy) is 1. The number of fused-ring (bicyclic) bond motifs is 1. The van der Waals surface area contributed by atoms with Gasteiger partial charge in [0.2, 0.25) is 15.9 Å². The highest BCUT2D eigenvalue weighted by atomic mass is 32.2. The van der Waals surface area contributed by atoms with Crippen molar-refractivity contribution in [2.45, 2.75) is 17.0 Å². The van der Waals surface area contributed by atoms with Crippen molar-refractivity contribution in [2.24, 2.45) is 5.14 Å². The number of nitrogens with one attached hydrogen (secondary N) is 2. The summed E-state index contributed by atoms with van der Waals surface area (Å²) >= 11 is 1.06. The van der Waals surface area contributed by atoms with Crippen LogP contribution < -0.4 is 20.8 Å². The lowest BCUT2D eigenvalue weighted by Gasteiger charge is -2.07. The Morgan fingerprint density at radius 3 is 2.53 bits per heavy atom. The third-order valence-electron chi connectivity index (χ3n) is 4.62. The van der Waals surface area contributed by atoms with Crippen LogP contribution in [0.5, 0.6) is 5.75 Å². The molecule has 0 aliphatic carbocycles. The predicted octanol–water partition coefficient (Wildman–Crippen LogP) is 1.89. The van der Waals surface area contributed by atoms with Gasteiger partial charge < -0.3 is 15.0 Å². The van der Waals surface area contributed by atoms with Crippen molar-refractivity contribution in [2.75, 3.05) is 17.7 Å². The number of carbonyl (C=O) groups excluding carboxylic acids is 1. The number of benzene rings is 2. The van der Waals surface area contributed by atoms with Gasteiger partial charge in [-0.25, -0.2) is 23.2 Å². The van der Waals surface area contributed by atoms with Gasteiger partial charge in [-0.2, -0.15) is 5.10 Å². The molecule has 0 aliphatic rings. The molecule has 0 radical (unpaired) electrons. The second kappa shape index (κ2) is 9.67. The van der Waals surface area contributed by atoms with Crippen molar-refractivity contribution < 1.29 is 17.9 Å². The molecular formula is C21H20N6O5S2. The SMILES string of the molecule is CCOc1ccc(NC(=O)CSc2nc3c(cnn3-c3ccc(S(N)(=O)=O)cc3)c(=O)[nH]2)cc1. The summed E-state index contributed by atoms with van der Waals surface area (Å²) in [5, 5.41) is 12.6. The van der Waals surface area contributed by atoms with Gasteiger partial charge in [-0.3, -0.25) is 9.59 Å². The van der Waals surface area contributed by atoms with Crippen molar-refractivity contribution in [3.05, 3.63) is 65.1 Å². The van der Waals surface area contributed by atoms with Crippen molar-refractivity contribution >= 4 is 44.4 Å². The van der Waals surface area contributed by atoms with Crippen LogP contribution in [0.25, 0.3) is 16.7 Å². The summed E-state index contributed by atoms with van der Waals surface area (Å²) in [5.41, 5.74) is 0.963. The lowest BCUT2D eigenvalue weighted by Crippen LogP contribution is -2.15. The number of aromatic amines is 1. The zero-order chi connectivity index (χ0) is 24.3. The van der Waals surface area contributed by atoms with Crippen molar-refractivity contribution in [1.82, 2.24) is 19.7 Å². The van der Waals surface area contributed by atoms with Gasteiger partial charge in [-0.1, -0.05) is 11.8 Å². The molecule has 2 heterocycles. The molecule has 11 nitrogen and oxygen atoms in total. The van der Waals surface area contributed by atoms with Gasteiger partial charge in [0.1, 0.15) is 11.1 Å². The monoisotopic (exact) mass is 500 g/mol. The summed E-state index contributed by atoms with van der Waals surface area (Å²) in [6.07, 6.45) is 1.36. The minimum atomic E-state index is -3.84. The Bertz CT molecular complexity index is 1500. The van der Waals surface area contributed by atoms with Gasteiger partial charge in [0.05, 0.1) is 29.1 Å². The number of hydrogen-bond acceptors (Lipinski definition) is 8. The smallest absolute Gasteiger partial charge is 0.262 e. The second-order valence-electron chi connectivity index (χ2n) is 7.00. The standard InChI is InChI=1S/C21H20N6O5S2/c1-2-32-15-7-3-13(4-8-15)24-18(28)12-33-21-25-19-17(20(29)26-21)11-23-27(19)14-5-9-16(10-6-14)34(22,30)31/h3-11H,2,12H2,1H3,(H,24,28)(H2,22,30,31)(H,25,26,29). The molecule has 34 heavy (non-hydrogen) atoms. The van der Waals surface area contributed by atoms with E-state index in [0.29, 0.717) is 23.7 Å². The number of aromatic nitrogens is 4. The van der Waals surface area contributed by atoms with Crippen molar-refractivity contribution in [1.29, 1.82) is 0 Å². The van der Waals surface area contributed by atoms with E-state index < -0.39 is 15.6 Å². The van der Waals surface area contributed by atoms with E-state index in [1.54, 1.807) is 24.3 Å². The van der Waals surface area contributed by atoms with E-state index >= 15 is 0 Å². The predicted molar refractivity (Wildman–Crippen MR) is 128 cm³/mol. The number of rotatable bonds is 8. The average Bonchev–Trinajstić information content (AvgIpc) is 3.23. The maximum atomic E-state index is 12.5. The molecule has 0 spiro atoms. The number of primary sulfonamides is 1. The fourth-order valence-electron chi connectivity index (χ4n) is 3.06. The topological polar surface area (TPSA) is 162 Å². The molecule has 4 aromatic rings. The van der Waals surface area contributed by atoms with Crippen LogP contribution in [0.3, 0.4) is 0 Å². The summed E-state index contributed by atoms with van der Waals surface area (Å²) in [4.78, 5) is 31.8. The Balaban J connectivity index is 1.50. The van der Waals surface area contributed by atoms with Crippen LogP contribution in [0.4, 0.5) is 5.69 Å². The van der Waals surface area contributed by atoms with Crippen LogP contribution in [-0.2, 0) is 14.8 Å². The molecule has 0 fully saturated rings. The summed E-state index contributed by atoms with van der Waals surface area (Å²) in [7, 11) is -3.84. The zero-order valence-corrected chi connectivity index (χ0v) is 19.5. The number of thioether (sulfide) groups is 1. The maximum absolute atomic E-state index is 12.5. The van der Waals surface area contributed by atoms with Gasteiger partial charge in [0.15, 0.2) is 10.8 Å². The first kappa shape index (κ1) is 23.5.